The molecular weight excluding hydrogens is 334 g/mol. The topological polar surface area (TPSA) is 30.7 Å². The van der Waals surface area contributed by atoms with E-state index in [1.165, 1.54) is 36.1 Å². The van der Waals surface area contributed by atoms with Gasteiger partial charge in [0.2, 0.25) is 0 Å². The molecule has 0 aliphatic heterocycles. The number of hydrogen-bond donors (Lipinski definition) is 0. The number of rotatable bonds is 3. The zero-order valence-electron chi connectivity index (χ0n) is 14.4. The van der Waals surface area contributed by atoms with Crippen LogP contribution >= 0.6 is 0 Å². The van der Waals surface area contributed by atoms with Gasteiger partial charge in [-0.2, -0.15) is 0 Å². The van der Waals surface area contributed by atoms with E-state index in [0.717, 1.165) is 13.0 Å². The first-order valence-corrected chi connectivity index (χ1v) is 7.86. The van der Waals surface area contributed by atoms with Gasteiger partial charge in [-0.3, -0.25) is 4.98 Å². The molecule has 0 saturated heterocycles. The summed E-state index contributed by atoms with van der Waals surface area (Å²) in [5, 5.41) is 0. The Kier molecular flexibility index (Phi) is 5.45. The average molecular weight is 353 g/mol. The molecule has 0 aliphatic rings. The van der Waals surface area contributed by atoms with Crippen molar-refractivity contribution in [2.24, 2.45) is 7.05 Å². The van der Waals surface area contributed by atoms with Crippen molar-refractivity contribution in [3.63, 3.8) is 0 Å². The second-order valence-corrected chi connectivity index (χ2v) is 5.52. The van der Waals surface area contributed by atoms with Crippen LogP contribution in [0.15, 0.2) is 30.6 Å². The molecule has 0 saturated carbocycles. The van der Waals surface area contributed by atoms with E-state index >= 15 is 0 Å². The molecule has 0 N–H and O–H groups in total. The van der Waals surface area contributed by atoms with Crippen LogP contribution < -0.4 is 0 Å². The van der Waals surface area contributed by atoms with Gasteiger partial charge in [-0.05, 0) is 25.1 Å². The van der Waals surface area contributed by atoms with E-state index in [1.807, 2.05) is 13.8 Å². The van der Waals surface area contributed by atoms with Crippen LogP contribution in [0, 0.1) is 11.6 Å². The lowest BCUT2D eigenvalue weighted by molar-refractivity contribution is 0.142. The summed E-state index contributed by atoms with van der Waals surface area (Å²) in [6.07, 6.45) is 2.64. The quantitative estimate of drug-likeness (QED) is 0.614. The summed E-state index contributed by atoms with van der Waals surface area (Å²) in [7, 11) is 1.52. The molecule has 1 atom stereocenters. The van der Waals surface area contributed by atoms with Crippen LogP contribution in [0.25, 0.3) is 22.4 Å². The van der Waals surface area contributed by atoms with Gasteiger partial charge in [0, 0.05) is 30.6 Å². The molecule has 0 radical (unpaired) electrons. The van der Waals surface area contributed by atoms with Crippen LogP contribution in [0.5, 0.6) is 0 Å². The summed E-state index contributed by atoms with van der Waals surface area (Å²) in [6.45, 7) is 3.91. The van der Waals surface area contributed by atoms with E-state index in [9.17, 15) is 17.6 Å². The van der Waals surface area contributed by atoms with E-state index in [1.54, 1.807) is 0 Å². The smallest absolute Gasteiger partial charge is 0.184 e. The van der Waals surface area contributed by atoms with Gasteiger partial charge in [0.1, 0.15) is 18.0 Å². The van der Waals surface area contributed by atoms with Crippen LogP contribution in [0.1, 0.15) is 26.3 Å². The molecule has 0 bridgehead atoms. The molecule has 134 valence electrons. The van der Waals surface area contributed by atoms with Gasteiger partial charge in [-0.1, -0.05) is 13.8 Å². The van der Waals surface area contributed by atoms with Gasteiger partial charge in [0.25, 0.3) is 0 Å². The molecule has 0 amide bonds. The second kappa shape index (κ2) is 7.21. The first-order chi connectivity index (χ1) is 11.8. The largest absolute Gasteiger partial charge is 0.325 e. The molecule has 7 heteroatoms. The molecule has 3 nitrogen and oxygen atoms in total. The highest BCUT2D eigenvalue weighted by Crippen LogP contribution is 2.30. The summed E-state index contributed by atoms with van der Waals surface area (Å²) >= 11 is 0. The number of halogens is 4. The van der Waals surface area contributed by atoms with Crippen LogP contribution in [0.2, 0.25) is 0 Å². The summed E-state index contributed by atoms with van der Waals surface area (Å²) in [5.41, 5.74) is -1.47. The maximum absolute atomic E-state index is 14.1. The SMILES string of the molecule is CC.Cn1c(-c2cncc(C(C)(F)CF)c2)nc2ccc(F)c(F)c21. The Morgan fingerprint density at radius 1 is 1.16 bits per heavy atom. The molecule has 3 aromatic rings. The third kappa shape index (κ3) is 3.36. The number of hydrogen-bond acceptors (Lipinski definition) is 2. The minimum absolute atomic E-state index is 0.00101. The molecule has 1 unspecified atom stereocenters. The number of pyridine rings is 1. The Morgan fingerprint density at radius 2 is 1.84 bits per heavy atom. The normalized spacial score (nSPS) is 13.3. The number of alkyl halides is 2. The lowest BCUT2D eigenvalue weighted by Gasteiger charge is -2.16. The molecule has 25 heavy (non-hydrogen) atoms. The van der Waals surface area contributed by atoms with E-state index in [0.29, 0.717) is 5.56 Å². The second-order valence-electron chi connectivity index (χ2n) is 5.52. The van der Waals surface area contributed by atoms with Crippen molar-refractivity contribution in [1.82, 2.24) is 14.5 Å². The fourth-order valence-electron chi connectivity index (χ4n) is 2.42. The molecular formula is C18H19F4N3. The fourth-order valence-corrected chi connectivity index (χ4v) is 2.42. The number of aryl methyl sites for hydroxylation is 1. The minimum Gasteiger partial charge on any atom is -0.325 e. The van der Waals surface area contributed by atoms with Crippen molar-refractivity contribution in [3.05, 3.63) is 47.8 Å². The predicted octanol–water partition coefficient (Wildman–Crippen LogP) is 5.09. The van der Waals surface area contributed by atoms with Gasteiger partial charge in [-0.15, -0.1) is 0 Å². The number of fused-ring (bicyclic) bond motifs is 1. The molecule has 0 spiro atoms. The fraction of sp³-hybridized carbons (Fsp3) is 0.333. The first-order valence-electron chi connectivity index (χ1n) is 7.86. The molecule has 0 fully saturated rings. The third-order valence-electron chi connectivity index (χ3n) is 3.78. The van der Waals surface area contributed by atoms with Crippen molar-refractivity contribution in [3.8, 4) is 11.4 Å². The first kappa shape index (κ1) is 18.9. The summed E-state index contributed by atoms with van der Waals surface area (Å²) in [6, 6.07) is 3.75. The maximum Gasteiger partial charge on any atom is 0.184 e. The minimum atomic E-state index is -2.18. The molecule has 3 rings (SSSR count). The van der Waals surface area contributed by atoms with Crippen molar-refractivity contribution in [2.75, 3.05) is 6.67 Å². The Morgan fingerprint density at radius 3 is 2.48 bits per heavy atom. The van der Waals surface area contributed by atoms with Crippen LogP contribution in [0.3, 0.4) is 0 Å². The zero-order chi connectivity index (χ0) is 18.8. The summed E-state index contributed by atoms with van der Waals surface area (Å²) in [4.78, 5) is 8.13. The standard InChI is InChI=1S/C16H13F4N3.C2H6/c1-16(20,8-17)10-5-9(6-21-7-10)15-22-12-4-3-11(18)13(19)14(12)23(15)2;1-2/h3-7H,8H2,1-2H3;1-2H3. The average Bonchev–Trinajstić information content (AvgIpc) is 2.97. The molecule has 1 aromatic carbocycles. The van der Waals surface area contributed by atoms with E-state index < -0.39 is 24.0 Å². The maximum atomic E-state index is 14.1. The number of aromatic nitrogens is 3. The Hall–Kier alpha value is -2.44. The van der Waals surface area contributed by atoms with Gasteiger partial charge in [-0.25, -0.2) is 22.5 Å². The summed E-state index contributed by atoms with van der Waals surface area (Å²) in [5.74, 6) is -1.70. The van der Waals surface area contributed by atoms with Gasteiger partial charge >= 0.3 is 0 Å². The van der Waals surface area contributed by atoms with Crippen molar-refractivity contribution in [2.45, 2.75) is 26.4 Å². The molecule has 2 aromatic heterocycles. The monoisotopic (exact) mass is 353 g/mol. The van der Waals surface area contributed by atoms with Crippen LogP contribution in [-0.2, 0) is 12.7 Å². The molecule has 0 aliphatic carbocycles. The summed E-state index contributed by atoms with van der Waals surface area (Å²) < 4.78 is 55.6. The lowest BCUT2D eigenvalue weighted by atomic mass is 10.00. The van der Waals surface area contributed by atoms with Crippen molar-refractivity contribution in [1.29, 1.82) is 0 Å². The van der Waals surface area contributed by atoms with Crippen LogP contribution in [-0.4, -0.2) is 21.2 Å². The lowest BCUT2D eigenvalue weighted by Crippen LogP contribution is -2.18. The highest BCUT2D eigenvalue weighted by atomic mass is 19.2. The number of nitrogens with zero attached hydrogens (tertiary/aromatic N) is 3. The van der Waals surface area contributed by atoms with Gasteiger partial charge in [0.05, 0.1) is 5.52 Å². The Bertz CT molecular complexity index is 887. The van der Waals surface area contributed by atoms with E-state index in [-0.39, 0.29) is 22.4 Å². The zero-order valence-corrected chi connectivity index (χ0v) is 14.4. The van der Waals surface area contributed by atoms with E-state index in [4.69, 9.17) is 0 Å². The van der Waals surface area contributed by atoms with Crippen molar-refractivity contribution >= 4 is 11.0 Å². The Labute approximate surface area is 143 Å². The van der Waals surface area contributed by atoms with Gasteiger partial charge < -0.3 is 4.57 Å². The third-order valence-corrected chi connectivity index (χ3v) is 3.78. The highest BCUT2D eigenvalue weighted by Gasteiger charge is 2.27. The molecule has 2 heterocycles. The number of imidazole rings is 1. The van der Waals surface area contributed by atoms with Gasteiger partial charge in [0.15, 0.2) is 17.3 Å². The highest BCUT2D eigenvalue weighted by molar-refractivity contribution is 5.81. The Balaban J connectivity index is 0.00000109. The van der Waals surface area contributed by atoms with E-state index in [2.05, 4.69) is 9.97 Å². The van der Waals surface area contributed by atoms with Crippen LogP contribution in [0.4, 0.5) is 17.6 Å². The van der Waals surface area contributed by atoms with Crippen molar-refractivity contribution < 1.29 is 17.6 Å². The number of benzene rings is 1. The predicted molar refractivity (Wildman–Crippen MR) is 89.6 cm³/mol.